The first-order valence-electron chi connectivity index (χ1n) is 10.4. The summed E-state index contributed by atoms with van der Waals surface area (Å²) in [5, 5.41) is 4.63. The zero-order valence-corrected chi connectivity index (χ0v) is 19.7. The zero-order chi connectivity index (χ0) is 19.9. The average molecular weight is 516 g/mol. The summed E-state index contributed by atoms with van der Waals surface area (Å²) in [6, 6.07) is 20.4. The fraction of sp³-hybridized carbons (Fsp3) is 0.333. The van der Waals surface area contributed by atoms with E-state index in [4.69, 9.17) is 9.73 Å². The summed E-state index contributed by atoms with van der Waals surface area (Å²) in [7, 11) is 0. The van der Waals surface area contributed by atoms with Gasteiger partial charge in [0.25, 0.3) is 0 Å². The molecular weight excluding hydrogens is 487 g/mol. The van der Waals surface area contributed by atoms with Gasteiger partial charge in [-0.3, -0.25) is 4.98 Å². The van der Waals surface area contributed by atoms with Gasteiger partial charge in [-0.15, -0.1) is 24.0 Å². The third-order valence-electron chi connectivity index (χ3n) is 5.26. The number of halogens is 1. The number of pyridine rings is 1. The molecular formula is C24H29IN4O. The number of aliphatic imine (C=N–C) groups is 1. The molecule has 0 radical (unpaired) electrons. The molecule has 4 rings (SSSR count). The van der Waals surface area contributed by atoms with Crippen LogP contribution in [0.5, 0.6) is 5.75 Å². The maximum Gasteiger partial charge on any atom is 0.194 e. The van der Waals surface area contributed by atoms with Gasteiger partial charge in [0, 0.05) is 44.1 Å². The fourth-order valence-electron chi connectivity index (χ4n) is 3.76. The lowest BCUT2D eigenvalue weighted by Gasteiger charge is -2.34. The molecule has 1 fully saturated rings. The van der Waals surface area contributed by atoms with E-state index in [0.29, 0.717) is 6.54 Å². The van der Waals surface area contributed by atoms with E-state index >= 15 is 0 Å². The van der Waals surface area contributed by atoms with Gasteiger partial charge in [0.1, 0.15) is 11.9 Å². The maximum absolute atomic E-state index is 6.13. The van der Waals surface area contributed by atoms with Crippen molar-refractivity contribution < 1.29 is 4.74 Å². The van der Waals surface area contributed by atoms with Gasteiger partial charge in [0.2, 0.25) is 0 Å². The lowest BCUT2D eigenvalue weighted by atomic mass is 10.1. The molecule has 0 aliphatic carbocycles. The van der Waals surface area contributed by atoms with E-state index in [0.717, 1.165) is 49.7 Å². The first kappa shape index (κ1) is 22.3. The molecule has 1 saturated heterocycles. The van der Waals surface area contributed by atoms with Crippen molar-refractivity contribution in [3.63, 3.8) is 0 Å². The standard InChI is InChI=1S/C24H28N4O.HI/c1-2-25-24(27-18-19-12-15-26-23-11-7-6-10-22(19)23)28-16-13-21(14-17-28)29-20-8-4-3-5-9-20;/h3-12,15,21H,2,13-14,16-18H2,1H3,(H,25,27);1H. The summed E-state index contributed by atoms with van der Waals surface area (Å²) in [4.78, 5) is 11.7. The molecule has 0 bridgehead atoms. The number of nitrogens with zero attached hydrogens (tertiary/aromatic N) is 3. The molecule has 1 aromatic heterocycles. The highest BCUT2D eigenvalue weighted by Crippen LogP contribution is 2.20. The van der Waals surface area contributed by atoms with Gasteiger partial charge < -0.3 is 15.0 Å². The second kappa shape index (κ2) is 11.2. The van der Waals surface area contributed by atoms with E-state index in [1.54, 1.807) is 0 Å². The molecule has 0 atom stereocenters. The van der Waals surface area contributed by atoms with Gasteiger partial charge in [-0.2, -0.15) is 0 Å². The van der Waals surface area contributed by atoms with E-state index in [9.17, 15) is 0 Å². The molecule has 2 heterocycles. The normalized spacial score (nSPS) is 15.0. The number of hydrogen-bond acceptors (Lipinski definition) is 3. The van der Waals surface area contributed by atoms with Gasteiger partial charge in [-0.05, 0) is 36.8 Å². The van der Waals surface area contributed by atoms with Crippen molar-refractivity contribution in [1.82, 2.24) is 15.2 Å². The number of ether oxygens (including phenoxy) is 1. The summed E-state index contributed by atoms with van der Waals surface area (Å²) in [6.45, 7) is 5.51. The van der Waals surface area contributed by atoms with E-state index in [2.05, 4.69) is 40.3 Å². The number of benzene rings is 2. The average Bonchev–Trinajstić information content (AvgIpc) is 2.78. The van der Waals surface area contributed by atoms with Crippen LogP contribution in [-0.2, 0) is 6.54 Å². The minimum absolute atomic E-state index is 0. The Morgan fingerprint density at radius 2 is 1.80 bits per heavy atom. The molecule has 0 saturated carbocycles. The van der Waals surface area contributed by atoms with Gasteiger partial charge in [-0.25, -0.2) is 4.99 Å². The van der Waals surface area contributed by atoms with Crippen LogP contribution in [0.2, 0.25) is 0 Å². The molecule has 30 heavy (non-hydrogen) atoms. The Kier molecular flexibility index (Phi) is 8.30. The van der Waals surface area contributed by atoms with Crippen molar-refractivity contribution >= 4 is 40.8 Å². The Bertz CT molecular complexity index is 950. The van der Waals surface area contributed by atoms with E-state index < -0.39 is 0 Å². The van der Waals surface area contributed by atoms with Gasteiger partial charge in [0.15, 0.2) is 5.96 Å². The lowest BCUT2D eigenvalue weighted by molar-refractivity contribution is 0.129. The number of piperidine rings is 1. The Hall–Kier alpha value is -2.35. The number of rotatable bonds is 5. The van der Waals surface area contributed by atoms with Crippen molar-refractivity contribution in [3.8, 4) is 5.75 Å². The van der Waals surface area contributed by atoms with Crippen molar-refractivity contribution in [2.75, 3.05) is 19.6 Å². The van der Waals surface area contributed by atoms with Crippen LogP contribution in [0.4, 0.5) is 0 Å². The summed E-state index contributed by atoms with van der Waals surface area (Å²) in [6.07, 6.45) is 4.13. The van der Waals surface area contributed by atoms with Crippen LogP contribution in [-0.4, -0.2) is 41.6 Å². The van der Waals surface area contributed by atoms with Crippen LogP contribution in [0.3, 0.4) is 0 Å². The molecule has 0 amide bonds. The molecule has 0 spiro atoms. The largest absolute Gasteiger partial charge is 0.490 e. The second-order valence-electron chi connectivity index (χ2n) is 7.27. The number of para-hydroxylation sites is 2. The van der Waals surface area contributed by atoms with Gasteiger partial charge >= 0.3 is 0 Å². The number of likely N-dealkylation sites (tertiary alicyclic amines) is 1. The van der Waals surface area contributed by atoms with E-state index in [1.807, 2.05) is 48.7 Å². The van der Waals surface area contributed by atoms with Crippen LogP contribution in [0, 0.1) is 0 Å². The third kappa shape index (κ3) is 5.62. The SMILES string of the molecule is CCNC(=NCc1ccnc2ccccc12)N1CCC(Oc2ccccc2)CC1.I. The summed E-state index contributed by atoms with van der Waals surface area (Å²) >= 11 is 0. The van der Waals surface area contributed by atoms with Crippen molar-refractivity contribution in [3.05, 3.63) is 72.4 Å². The monoisotopic (exact) mass is 516 g/mol. The number of nitrogens with one attached hydrogen (secondary N) is 1. The topological polar surface area (TPSA) is 49.8 Å². The Morgan fingerprint density at radius 3 is 2.57 bits per heavy atom. The minimum Gasteiger partial charge on any atom is -0.490 e. The molecule has 2 aromatic carbocycles. The van der Waals surface area contributed by atoms with Crippen LogP contribution < -0.4 is 10.1 Å². The van der Waals surface area contributed by atoms with E-state index in [-0.39, 0.29) is 30.1 Å². The number of guanidine groups is 1. The van der Waals surface area contributed by atoms with Crippen molar-refractivity contribution in [2.45, 2.75) is 32.4 Å². The molecule has 1 aliphatic heterocycles. The Balaban J connectivity index is 0.00000256. The van der Waals surface area contributed by atoms with Crippen molar-refractivity contribution in [1.29, 1.82) is 0 Å². The lowest BCUT2D eigenvalue weighted by Crippen LogP contribution is -2.47. The summed E-state index contributed by atoms with van der Waals surface area (Å²) in [5.74, 6) is 1.93. The van der Waals surface area contributed by atoms with Gasteiger partial charge in [-0.1, -0.05) is 36.4 Å². The Labute approximate surface area is 195 Å². The Morgan fingerprint density at radius 1 is 1.07 bits per heavy atom. The number of fused-ring (bicyclic) bond motifs is 1. The predicted molar refractivity (Wildman–Crippen MR) is 134 cm³/mol. The van der Waals surface area contributed by atoms with Crippen LogP contribution in [0.1, 0.15) is 25.3 Å². The highest BCUT2D eigenvalue weighted by molar-refractivity contribution is 14.0. The van der Waals surface area contributed by atoms with Crippen LogP contribution in [0.25, 0.3) is 10.9 Å². The van der Waals surface area contributed by atoms with Crippen molar-refractivity contribution in [2.24, 2.45) is 4.99 Å². The second-order valence-corrected chi connectivity index (χ2v) is 7.27. The fourth-order valence-corrected chi connectivity index (χ4v) is 3.76. The highest BCUT2D eigenvalue weighted by Gasteiger charge is 2.22. The molecule has 158 valence electrons. The molecule has 1 N–H and O–H groups in total. The van der Waals surface area contributed by atoms with Crippen LogP contribution >= 0.6 is 24.0 Å². The molecule has 0 unspecified atom stereocenters. The first-order valence-corrected chi connectivity index (χ1v) is 10.4. The molecule has 1 aliphatic rings. The predicted octanol–water partition coefficient (Wildman–Crippen LogP) is 4.86. The summed E-state index contributed by atoms with van der Waals surface area (Å²) in [5.41, 5.74) is 2.22. The molecule has 6 heteroatoms. The number of aromatic nitrogens is 1. The highest BCUT2D eigenvalue weighted by atomic mass is 127. The van der Waals surface area contributed by atoms with Crippen LogP contribution in [0.15, 0.2) is 71.9 Å². The third-order valence-corrected chi connectivity index (χ3v) is 5.26. The number of hydrogen-bond donors (Lipinski definition) is 1. The summed E-state index contributed by atoms with van der Waals surface area (Å²) < 4.78 is 6.13. The molecule has 3 aromatic rings. The van der Waals surface area contributed by atoms with E-state index in [1.165, 1.54) is 10.9 Å². The quantitative estimate of drug-likeness (QED) is 0.299. The van der Waals surface area contributed by atoms with Gasteiger partial charge in [0.05, 0.1) is 12.1 Å². The first-order chi connectivity index (χ1) is 14.3. The minimum atomic E-state index is 0. The molecule has 5 nitrogen and oxygen atoms in total. The smallest absolute Gasteiger partial charge is 0.194 e. The maximum atomic E-state index is 6.13. The zero-order valence-electron chi connectivity index (χ0n) is 17.3.